The summed E-state index contributed by atoms with van der Waals surface area (Å²) in [6.45, 7) is 2.67. The number of thiophene rings is 1. The molecule has 4 aromatic rings. The van der Waals surface area contributed by atoms with Crippen LogP contribution in [-0.4, -0.2) is 30.3 Å². The fraction of sp³-hybridized carbons (Fsp3) is 0.222. The number of carbonyl (C=O) groups excluding carboxylic acids is 1. The van der Waals surface area contributed by atoms with Gasteiger partial charge in [-0.15, -0.1) is 11.3 Å². The molecule has 12 heteroatoms. The van der Waals surface area contributed by atoms with Crippen molar-refractivity contribution in [2.24, 2.45) is 0 Å². The number of nitrogens with zero attached hydrogens (tertiary/aromatic N) is 5. The van der Waals surface area contributed by atoms with Gasteiger partial charge >= 0.3 is 6.18 Å². The first kappa shape index (κ1) is 20.4. The number of rotatable bonds is 5. The summed E-state index contributed by atoms with van der Waals surface area (Å²) in [5.74, 6) is -0.720. The highest BCUT2D eigenvalue weighted by atomic mass is 35.5. The fourth-order valence-electron chi connectivity index (χ4n) is 2.82. The Morgan fingerprint density at radius 1 is 1.30 bits per heavy atom. The molecule has 0 saturated carbocycles. The summed E-state index contributed by atoms with van der Waals surface area (Å²) < 4.78 is 43.2. The first-order chi connectivity index (χ1) is 14.3. The standard InChI is InChI=1S/C18H14ClF3N6OS/c1-2-27-6-5-10(25-27)9-23-17(29)15-14(19)16-24-11(12-4-3-7-30-12)8-13(18(20,21)22)28(16)26-15/h3-8H,2,9H2,1H3,(H,23,29). The molecule has 30 heavy (non-hydrogen) atoms. The lowest BCUT2D eigenvalue weighted by molar-refractivity contribution is -0.142. The van der Waals surface area contributed by atoms with E-state index in [0.29, 0.717) is 21.6 Å². The van der Waals surface area contributed by atoms with E-state index in [9.17, 15) is 18.0 Å². The van der Waals surface area contributed by atoms with Gasteiger partial charge in [0.2, 0.25) is 0 Å². The minimum absolute atomic E-state index is 0.0794. The highest BCUT2D eigenvalue weighted by Gasteiger charge is 2.36. The van der Waals surface area contributed by atoms with Crippen molar-refractivity contribution in [1.82, 2.24) is 29.7 Å². The molecule has 0 radical (unpaired) electrons. The molecule has 0 aromatic carbocycles. The first-order valence-electron chi connectivity index (χ1n) is 8.78. The van der Waals surface area contributed by atoms with E-state index in [4.69, 9.17) is 11.6 Å². The molecule has 0 aliphatic carbocycles. The quantitative estimate of drug-likeness (QED) is 0.488. The van der Waals surface area contributed by atoms with E-state index in [1.807, 2.05) is 6.92 Å². The Hall–Kier alpha value is -2.92. The maximum absolute atomic E-state index is 13.6. The Morgan fingerprint density at radius 3 is 2.73 bits per heavy atom. The van der Waals surface area contributed by atoms with E-state index >= 15 is 0 Å². The number of hydrogen-bond donors (Lipinski definition) is 1. The number of nitrogens with one attached hydrogen (secondary N) is 1. The Bertz CT molecular complexity index is 1210. The summed E-state index contributed by atoms with van der Waals surface area (Å²) in [6, 6.07) is 5.97. The van der Waals surface area contributed by atoms with Crippen molar-refractivity contribution >= 4 is 34.5 Å². The molecule has 4 heterocycles. The van der Waals surface area contributed by atoms with E-state index in [-0.39, 0.29) is 28.6 Å². The van der Waals surface area contributed by atoms with Gasteiger partial charge in [0.25, 0.3) is 5.91 Å². The molecular weight excluding hydrogens is 441 g/mol. The topological polar surface area (TPSA) is 77.1 Å². The predicted molar refractivity (Wildman–Crippen MR) is 105 cm³/mol. The molecule has 0 aliphatic rings. The van der Waals surface area contributed by atoms with Gasteiger partial charge in [-0.1, -0.05) is 17.7 Å². The second kappa shape index (κ2) is 7.73. The third kappa shape index (κ3) is 3.77. The summed E-state index contributed by atoms with van der Waals surface area (Å²) in [4.78, 5) is 17.3. The van der Waals surface area contributed by atoms with E-state index < -0.39 is 17.8 Å². The van der Waals surface area contributed by atoms with Gasteiger partial charge in [-0.05, 0) is 30.5 Å². The van der Waals surface area contributed by atoms with Crippen LogP contribution in [-0.2, 0) is 19.3 Å². The smallest absolute Gasteiger partial charge is 0.345 e. The largest absolute Gasteiger partial charge is 0.433 e. The third-order valence-electron chi connectivity index (χ3n) is 4.26. The Labute approximate surface area is 177 Å². The SMILES string of the molecule is CCn1ccc(CNC(=O)c2nn3c(C(F)(F)F)cc(-c4cccs4)nc3c2Cl)n1. The lowest BCUT2D eigenvalue weighted by Crippen LogP contribution is -2.24. The minimum Gasteiger partial charge on any atom is -0.345 e. The van der Waals surface area contributed by atoms with Crippen LogP contribution in [0.5, 0.6) is 0 Å². The van der Waals surface area contributed by atoms with Crippen LogP contribution >= 0.6 is 22.9 Å². The van der Waals surface area contributed by atoms with E-state index in [1.165, 1.54) is 11.3 Å². The summed E-state index contributed by atoms with van der Waals surface area (Å²) in [6.07, 6.45) is -2.96. The van der Waals surface area contributed by atoms with Crippen molar-refractivity contribution in [3.05, 3.63) is 57.9 Å². The summed E-state index contributed by atoms with van der Waals surface area (Å²) in [7, 11) is 0. The number of hydrogen-bond acceptors (Lipinski definition) is 5. The zero-order chi connectivity index (χ0) is 21.5. The Kier molecular flexibility index (Phi) is 5.24. The average molecular weight is 455 g/mol. The van der Waals surface area contributed by atoms with Crippen molar-refractivity contribution < 1.29 is 18.0 Å². The van der Waals surface area contributed by atoms with E-state index in [0.717, 1.165) is 6.07 Å². The lowest BCUT2D eigenvalue weighted by Gasteiger charge is -2.10. The van der Waals surface area contributed by atoms with E-state index in [2.05, 4.69) is 20.5 Å². The number of aromatic nitrogens is 5. The zero-order valence-electron chi connectivity index (χ0n) is 15.4. The van der Waals surface area contributed by atoms with E-state index in [1.54, 1.807) is 34.5 Å². The van der Waals surface area contributed by atoms with Crippen LogP contribution in [0.25, 0.3) is 16.2 Å². The minimum atomic E-state index is -4.72. The number of carbonyl (C=O) groups is 1. The summed E-state index contributed by atoms with van der Waals surface area (Å²) >= 11 is 7.47. The van der Waals surface area contributed by atoms with Crippen molar-refractivity contribution in [2.75, 3.05) is 0 Å². The molecule has 0 bridgehead atoms. The van der Waals surface area contributed by atoms with Crippen molar-refractivity contribution in [3.63, 3.8) is 0 Å². The van der Waals surface area contributed by atoms with Crippen LogP contribution in [0.4, 0.5) is 13.2 Å². The highest BCUT2D eigenvalue weighted by Crippen LogP contribution is 2.35. The van der Waals surface area contributed by atoms with Crippen LogP contribution in [0.3, 0.4) is 0 Å². The molecular formula is C18H14ClF3N6OS. The molecule has 0 atom stereocenters. The maximum atomic E-state index is 13.6. The van der Waals surface area contributed by atoms with Crippen molar-refractivity contribution in [3.8, 4) is 10.6 Å². The number of amides is 1. The van der Waals surface area contributed by atoms with Crippen molar-refractivity contribution in [1.29, 1.82) is 0 Å². The summed E-state index contributed by atoms with van der Waals surface area (Å²) in [5, 5.41) is 12.1. The number of aryl methyl sites for hydroxylation is 1. The van der Waals surface area contributed by atoms with Gasteiger partial charge in [0.15, 0.2) is 17.0 Å². The van der Waals surface area contributed by atoms with Crippen LogP contribution < -0.4 is 5.32 Å². The molecule has 0 aliphatic heterocycles. The Balaban J connectivity index is 1.72. The monoisotopic (exact) mass is 454 g/mol. The summed E-state index contributed by atoms with van der Waals surface area (Å²) in [5.41, 5.74) is -0.954. The third-order valence-corrected chi connectivity index (χ3v) is 5.50. The van der Waals surface area contributed by atoms with Gasteiger partial charge in [0, 0.05) is 12.7 Å². The molecule has 0 fully saturated rings. The van der Waals surface area contributed by atoms with Gasteiger partial charge in [-0.25, -0.2) is 9.50 Å². The second-order valence-electron chi connectivity index (χ2n) is 6.25. The van der Waals surface area contributed by atoms with Crippen LogP contribution in [0, 0.1) is 0 Å². The molecule has 156 valence electrons. The lowest BCUT2D eigenvalue weighted by atomic mass is 10.2. The number of fused-ring (bicyclic) bond motifs is 1. The molecule has 1 N–H and O–H groups in total. The maximum Gasteiger partial charge on any atom is 0.433 e. The fourth-order valence-corrected chi connectivity index (χ4v) is 3.75. The molecule has 0 saturated heterocycles. The molecule has 1 amide bonds. The van der Waals surface area contributed by atoms with Gasteiger partial charge in [0.1, 0.15) is 5.02 Å². The number of alkyl halides is 3. The predicted octanol–water partition coefficient (Wildman–Crippen LogP) is 4.28. The zero-order valence-corrected chi connectivity index (χ0v) is 17.0. The molecule has 0 spiro atoms. The highest BCUT2D eigenvalue weighted by molar-refractivity contribution is 7.13. The number of halogens is 4. The molecule has 4 aromatic heterocycles. The van der Waals surface area contributed by atoms with Gasteiger partial charge in [0.05, 0.1) is 22.8 Å². The van der Waals surface area contributed by atoms with Crippen LogP contribution in [0.15, 0.2) is 35.8 Å². The van der Waals surface area contributed by atoms with Gasteiger partial charge in [-0.2, -0.15) is 23.4 Å². The molecule has 7 nitrogen and oxygen atoms in total. The van der Waals surface area contributed by atoms with Gasteiger partial charge < -0.3 is 5.32 Å². The van der Waals surface area contributed by atoms with Gasteiger partial charge in [-0.3, -0.25) is 9.48 Å². The normalized spacial score (nSPS) is 11.9. The second-order valence-corrected chi connectivity index (χ2v) is 7.57. The van der Waals surface area contributed by atoms with Crippen molar-refractivity contribution in [2.45, 2.75) is 26.2 Å². The van der Waals surface area contributed by atoms with Crippen LogP contribution in [0.1, 0.15) is 28.8 Å². The molecule has 4 rings (SSSR count). The average Bonchev–Trinajstić information content (AvgIpc) is 3.45. The first-order valence-corrected chi connectivity index (χ1v) is 10.0. The Morgan fingerprint density at radius 2 is 2.10 bits per heavy atom. The molecule has 0 unspecified atom stereocenters. The van der Waals surface area contributed by atoms with Crippen LogP contribution in [0.2, 0.25) is 5.02 Å².